The molecule has 0 aliphatic carbocycles. The first-order valence-corrected chi connectivity index (χ1v) is 14.9. The van der Waals surface area contributed by atoms with E-state index in [4.69, 9.17) is 0 Å². The lowest BCUT2D eigenvalue weighted by molar-refractivity contribution is -0.143. The number of ketones is 1. The van der Waals surface area contributed by atoms with E-state index in [0.29, 0.717) is 18.8 Å². The highest BCUT2D eigenvalue weighted by Crippen LogP contribution is 2.44. The van der Waals surface area contributed by atoms with E-state index < -0.39 is 18.2 Å². The molecule has 4 aromatic carbocycles. The van der Waals surface area contributed by atoms with Crippen molar-refractivity contribution in [3.8, 4) is 0 Å². The van der Waals surface area contributed by atoms with Crippen LogP contribution in [0.2, 0.25) is 0 Å². The van der Waals surface area contributed by atoms with Crippen molar-refractivity contribution in [1.29, 1.82) is 0 Å². The number of rotatable bonds is 13. The van der Waals surface area contributed by atoms with Gasteiger partial charge in [-0.05, 0) is 35.4 Å². The first-order chi connectivity index (χ1) is 19.5. The Morgan fingerprint density at radius 2 is 1.27 bits per heavy atom. The number of para-hydroxylation sites is 2. The van der Waals surface area contributed by atoms with Crippen LogP contribution in [0.15, 0.2) is 119 Å². The molecule has 0 bridgehead atoms. The number of anilines is 2. The van der Waals surface area contributed by atoms with Crippen LogP contribution >= 0.6 is 21.6 Å². The molecule has 1 amide bonds. The van der Waals surface area contributed by atoms with Crippen molar-refractivity contribution in [3.05, 3.63) is 120 Å². The summed E-state index contributed by atoms with van der Waals surface area (Å²) in [6.45, 7) is 1.00. The maximum atomic E-state index is 13.5. The average molecular weight is 571 g/mol. The molecule has 4 aromatic rings. The van der Waals surface area contributed by atoms with Crippen molar-refractivity contribution in [3.63, 3.8) is 0 Å². The molecule has 0 radical (unpaired) electrons. The van der Waals surface area contributed by atoms with Crippen LogP contribution in [-0.4, -0.2) is 24.8 Å². The molecule has 0 atom stereocenters. The van der Waals surface area contributed by atoms with Crippen molar-refractivity contribution in [2.45, 2.75) is 35.7 Å². The summed E-state index contributed by atoms with van der Waals surface area (Å²) >= 11 is 0. The van der Waals surface area contributed by atoms with Gasteiger partial charge in [-0.15, -0.1) is 0 Å². The first-order valence-electron chi connectivity index (χ1n) is 12.8. The van der Waals surface area contributed by atoms with E-state index in [0.717, 1.165) is 21.0 Å². The van der Waals surface area contributed by atoms with Crippen LogP contribution in [0.4, 0.5) is 11.4 Å². The molecule has 204 valence electrons. The number of ether oxygens (including phenoxy) is 1. The predicted octanol–water partition coefficient (Wildman–Crippen LogP) is 7.15. The van der Waals surface area contributed by atoms with Crippen LogP contribution in [0.1, 0.15) is 24.0 Å². The summed E-state index contributed by atoms with van der Waals surface area (Å²) in [6.07, 6.45) is -0.819. The molecule has 0 aromatic heterocycles. The molecule has 6 nitrogen and oxygen atoms in total. The van der Waals surface area contributed by atoms with E-state index in [-0.39, 0.29) is 12.3 Å². The third kappa shape index (κ3) is 8.49. The maximum Gasteiger partial charge on any atom is 0.313 e. The van der Waals surface area contributed by atoms with E-state index in [9.17, 15) is 14.4 Å². The largest absolute Gasteiger partial charge is 0.469 e. The fraction of sp³-hybridized carbons (Fsp3) is 0.156. The normalized spacial score (nSPS) is 10.5. The van der Waals surface area contributed by atoms with Crippen LogP contribution in [-0.2, 0) is 32.2 Å². The van der Waals surface area contributed by atoms with Gasteiger partial charge in [-0.3, -0.25) is 14.4 Å². The predicted molar refractivity (Wildman–Crippen MR) is 162 cm³/mol. The van der Waals surface area contributed by atoms with Crippen molar-refractivity contribution in [1.82, 2.24) is 0 Å². The molecule has 8 heteroatoms. The Morgan fingerprint density at radius 3 is 1.98 bits per heavy atom. The minimum atomic E-state index is -0.653. The zero-order valence-corrected chi connectivity index (χ0v) is 23.8. The Balaban J connectivity index is 1.54. The molecule has 4 rings (SSSR count). The van der Waals surface area contributed by atoms with E-state index >= 15 is 0 Å². The smallest absolute Gasteiger partial charge is 0.313 e. The number of carbonyl (C=O) groups excluding carboxylic acids is 3. The Hall–Kier alpha value is -4.01. The fourth-order valence-corrected chi connectivity index (χ4v) is 6.29. The number of hydrogen-bond donors (Lipinski definition) is 1. The molecule has 0 unspecified atom stereocenters. The minimum absolute atomic E-state index is 0.294. The number of benzene rings is 4. The third-order valence-corrected chi connectivity index (χ3v) is 8.46. The van der Waals surface area contributed by atoms with Gasteiger partial charge in [-0.1, -0.05) is 107 Å². The average Bonchev–Trinajstić information content (AvgIpc) is 2.99. The Morgan fingerprint density at radius 1 is 0.700 bits per heavy atom. The van der Waals surface area contributed by atoms with Gasteiger partial charge in [0.2, 0.25) is 5.91 Å². The van der Waals surface area contributed by atoms with Gasteiger partial charge in [0, 0.05) is 22.0 Å². The quantitative estimate of drug-likeness (QED) is 0.104. The summed E-state index contributed by atoms with van der Waals surface area (Å²) in [7, 11) is 4.37. The topological polar surface area (TPSA) is 75.7 Å². The molecule has 0 aliphatic heterocycles. The Labute approximate surface area is 242 Å². The Kier molecular flexibility index (Phi) is 10.8. The molecular weight excluding hydrogens is 540 g/mol. The van der Waals surface area contributed by atoms with Crippen molar-refractivity contribution in [2.24, 2.45) is 0 Å². The molecule has 1 N–H and O–H groups in total. The summed E-state index contributed by atoms with van der Waals surface area (Å²) in [5.74, 6) is -1.51. The van der Waals surface area contributed by atoms with Crippen LogP contribution in [0.3, 0.4) is 0 Å². The summed E-state index contributed by atoms with van der Waals surface area (Å²) in [5, 5.41) is 3.52. The highest BCUT2D eigenvalue weighted by molar-refractivity contribution is 8.76. The second kappa shape index (κ2) is 15.0. The number of esters is 1. The lowest BCUT2D eigenvalue weighted by Gasteiger charge is -2.25. The van der Waals surface area contributed by atoms with Gasteiger partial charge >= 0.3 is 5.97 Å². The molecule has 0 saturated heterocycles. The highest BCUT2D eigenvalue weighted by atomic mass is 33.1. The summed E-state index contributed by atoms with van der Waals surface area (Å²) in [4.78, 5) is 41.0. The standard InChI is InChI=1S/C32H30N2O4S2/c1-38-32(37)21-26(35)20-31(36)34(23-25-14-6-3-7-15-25)28-17-9-11-19-30(28)40-39-29-18-10-8-16-27(29)33-22-24-12-4-2-5-13-24/h2-19,33H,20-23H2,1H3. The first kappa shape index (κ1) is 29.0. The molecular formula is C32H30N2O4S2. The number of hydrogen-bond acceptors (Lipinski definition) is 7. The van der Waals surface area contributed by atoms with Gasteiger partial charge in [-0.2, -0.15) is 0 Å². The van der Waals surface area contributed by atoms with E-state index in [1.54, 1.807) is 26.5 Å². The number of nitrogens with zero attached hydrogens (tertiary/aromatic N) is 1. The van der Waals surface area contributed by atoms with Gasteiger partial charge in [-0.25, -0.2) is 0 Å². The van der Waals surface area contributed by atoms with Gasteiger partial charge in [0.1, 0.15) is 6.42 Å². The second-order valence-corrected chi connectivity index (χ2v) is 11.1. The van der Waals surface area contributed by atoms with Crippen LogP contribution in [0.25, 0.3) is 0 Å². The number of nitrogens with one attached hydrogen (secondary N) is 1. The van der Waals surface area contributed by atoms with Gasteiger partial charge in [0.15, 0.2) is 5.78 Å². The summed E-state index contributed by atoms with van der Waals surface area (Å²) < 4.78 is 4.59. The molecule has 0 saturated carbocycles. The highest BCUT2D eigenvalue weighted by Gasteiger charge is 2.23. The molecule has 40 heavy (non-hydrogen) atoms. The lowest BCUT2D eigenvalue weighted by atomic mass is 10.1. The molecule has 0 spiro atoms. The fourth-order valence-electron chi connectivity index (χ4n) is 3.95. The van der Waals surface area contributed by atoms with Gasteiger partial charge < -0.3 is 15.0 Å². The number of amides is 1. The number of carbonyl (C=O) groups is 3. The third-order valence-electron chi connectivity index (χ3n) is 5.99. The zero-order valence-electron chi connectivity index (χ0n) is 22.1. The lowest BCUT2D eigenvalue weighted by Crippen LogP contribution is -2.32. The van der Waals surface area contributed by atoms with Gasteiger partial charge in [0.05, 0.1) is 25.8 Å². The maximum absolute atomic E-state index is 13.5. The number of methoxy groups -OCH3 is 1. The SMILES string of the molecule is COC(=O)CC(=O)CC(=O)N(Cc1ccccc1)c1ccccc1SSc1ccccc1NCc1ccccc1. The minimum Gasteiger partial charge on any atom is -0.469 e. The zero-order chi connectivity index (χ0) is 28.2. The van der Waals surface area contributed by atoms with Gasteiger partial charge in [0.25, 0.3) is 0 Å². The second-order valence-electron chi connectivity index (χ2n) is 8.90. The van der Waals surface area contributed by atoms with Crippen molar-refractivity contribution < 1.29 is 19.1 Å². The Bertz CT molecular complexity index is 1430. The van der Waals surface area contributed by atoms with Crippen LogP contribution < -0.4 is 10.2 Å². The molecule has 0 fully saturated rings. The van der Waals surface area contributed by atoms with E-state index in [1.807, 2.05) is 84.9 Å². The molecule has 0 heterocycles. The van der Waals surface area contributed by atoms with Crippen LogP contribution in [0, 0.1) is 0 Å². The van der Waals surface area contributed by atoms with Crippen molar-refractivity contribution >= 4 is 50.6 Å². The monoisotopic (exact) mass is 570 g/mol. The van der Waals surface area contributed by atoms with Crippen molar-refractivity contribution in [2.75, 3.05) is 17.3 Å². The van der Waals surface area contributed by atoms with E-state index in [1.165, 1.54) is 12.7 Å². The summed E-state index contributed by atoms with van der Waals surface area (Å²) in [5.41, 5.74) is 3.85. The summed E-state index contributed by atoms with van der Waals surface area (Å²) in [6, 6.07) is 35.6. The number of Topliss-reactive ketones (excluding diaryl/α,β-unsaturated/α-hetero) is 1. The molecule has 0 aliphatic rings. The van der Waals surface area contributed by atoms with E-state index in [2.05, 4.69) is 34.3 Å². The van der Waals surface area contributed by atoms with Crippen LogP contribution in [0.5, 0.6) is 0 Å².